The third kappa shape index (κ3) is 2.38. The summed E-state index contributed by atoms with van der Waals surface area (Å²) in [5.74, 6) is 0.0643. The summed E-state index contributed by atoms with van der Waals surface area (Å²) in [7, 11) is 0. The van der Waals surface area contributed by atoms with Crippen LogP contribution in [0.1, 0.15) is 35.2 Å². The molecular formula is C21H19BrO2. The highest BCUT2D eigenvalue weighted by Gasteiger charge is 2.58. The third-order valence-corrected chi connectivity index (χ3v) is 5.83. The Labute approximate surface area is 150 Å². The normalized spacial score (nSPS) is 30.7. The molecule has 2 bridgehead atoms. The van der Waals surface area contributed by atoms with Crippen molar-refractivity contribution >= 4 is 21.7 Å². The van der Waals surface area contributed by atoms with E-state index < -0.39 is 0 Å². The van der Waals surface area contributed by atoms with Gasteiger partial charge in [-0.2, -0.15) is 0 Å². The van der Waals surface area contributed by atoms with Crippen LogP contribution in [0, 0.1) is 5.92 Å². The minimum Gasteiger partial charge on any atom is -0.362 e. The Morgan fingerprint density at radius 1 is 1.12 bits per heavy atom. The van der Waals surface area contributed by atoms with E-state index in [1.54, 1.807) is 0 Å². The standard InChI is InChI=1S/C21H19BrO2/c1-2-21-13-12-17(24-21)18(19(21)14-6-4-3-5-7-14)20(23)15-8-10-16(22)11-9-15/h3-13,17-19H,2H2,1H3. The lowest BCUT2D eigenvalue weighted by molar-refractivity contribution is 0.0200. The summed E-state index contributed by atoms with van der Waals surface area (Å²) >= 11 is 3.43. The average molecular weight is 383 g/mol. The zero-order valence-electron chi connectivity index (χ0n) is 13.5. The van der Waals surface area contributed by atoms with Crippen LogP contribution < -0.4 is 0 Å². The number of hydrogen-bond donors (Lipinski definition) is 0. The highest BCUT2D eigenvalue weighted by Crippen LogP contribution is 2.54. The molecule has 0 aromatic heterocycles. The van der Waals surface area contributed by atoms with Crippen molar-refractivity contribution in [1.29, 1.82) is 0 Å². The van der Waals surface area contributed by atoms with Crippen LogP contribution in [-0.2, 0) is 4.74 Å². The molecule has 2 heterocycles. The number of ketones is 1. The van der Waals surface area contributed by atoms with E-state index in [9.17, 15) is 4.79 Å². The molecule has 3 heteroatoms. The number of ether oxygens (including phenoxy) is 1. The number of carbonyl (C=O) groups excluding carboxylic acids is 1. The number of halogens is 1. The number of rotatable bonds is 4. The van der Waals surface area contributed by atoms with Gasteiger partial charge in [-0.15, -0.1) is 0 Å². The Morgan fingerprint density at radius 3 is 2.50 bits per heavy atom. The molecule has 24 heavy (non-hydrogen) atoms. The molecule has 1 fully saturated rings. The molecule has 1 saturated heterocycles. The van der Waals surface area contributed by atoms with Crippen LogP contribution in [0.2, 0.25) is 0 Å². The predicted molar refractivity (Wildman–Crippen MR) is 98.2 cm³/mol. The monoisotopic (exact) mass is 382 g/mol. The molecule has 4 atom stereocenters. The summed E-state index contributed by atoms with van der Waals surface area (Å²) in [5.41, 5.74) is 1.57. The van der Waals surface area contributed by atoms with Gasteiger partial charge >= 0.3 is 0 Å². The molecule has 0 amide bonds. The minimum absolute atomic E-state index is 0.0647. The summed E-state index contributed by atoms with van der Waals surface area (Å²) in [6.07, 6.45) is 4.97. The predicted octanol–water partition coefficient (Wildman–Crippen LogP) is 5.15. The Hall–Kier alpha value is -1.71. The minimum atomic E-state index is -0.359. The van der Waals surface area contributed by atoms with Crippen molar-refractivity contribution < 1.29 is 9.53 Å². The Kier molecular flexibility index (Phi) is 3.93. The number of carbonyl (C=O) groups is 1. The second-order valence-corrected chi connectivity index (χ2v) is 7.45. The van der Waals surface area contributed by atoms with E-state index in [-0.39, 0.29) is 29.3 Å². The van der Waals surface area contributed by atoms with Crippen molar-refractivity contribution in [3.05, 3.63) is 82.3 Å². The van der Waals surface area contributed by atoms with Gasteiger partial charge in [0.25, 0.3) is 0 Å². The van der Waals surface area contributed by atoms with Crippen molar-refractivity contribution in [1.82, 2.24) is 0 Å². The molecule has 4 rings (SSSR count). The molecule has 2 aliphatic heterocycles. The zero-order chi connectivity index (χ0) is 16.7. The lowest BCUT2D eigenvalue weighted by atomic mass is 9.68. The smallest absolute Gasteiger partial charge is 0.169 e. The van der Waals surface area contributed by atoms with Gasteiger partial charge in [0.1, 0.15) is 0 Å². The van der Waals surface area contributed by atoms with Crippen LogP contribution in [-0.4, -0.2) is 17.5 Å². The van der Waals surface area contributed by atoms with Crippen LogP contribution >= 0.6 is 15.9 Å². The Balaban J connectivity index is 1.77. The quantitative estimate of drug-likeness (QED) is 0.539. The first-order chi connectivity index (χ1) is 11.6. The van der Waals surface area contributed by atoms with E-state index in [4.69, 9.17) is 4.74 Å². The average Bonchev–Trinajstić information content (AvgIpc) is 3.19. The van der Waals surface area contributed by atoms with Crippen molar-refractivity contribution in [2.75, 3.05) is 0 Å². The van der Waals surface area contributed by atoms with Crippen LogP contribution in [0.3, 0.4) is 0 Å². The third-order valence-electron chi connectivity index (χ3n) is 5.31. The van der Waals surface area contributed by atoms with E-state index in [0.29, 0.717) is 0 Å². The van der Waals surface area contributed by atoms with Gasteiger partial charge in [-0.05, 0) is 24.1 Å². The van der Waals surface area contributed by atoms with Gasteiger partial charge in [-0.25, -0.2) is 0 Å². The molecule has 0 radical (unpaired) electrons. The highest BCUT2D eigenvalue weighted by atomic mass is 79.9. The van der Waals surface area contributed by atoms with Crippen molar-refractivity contribution in [3.63, 3.8) is 0 Å². The molecule has 0 spiro atoms. The fourth-order valence-corrected chi connectivity index (χ4v) is 4.40. The first-order valence-corrected chi connectivity index (χ1v) is 9.16. The van der Waals surface area contributed by atoms with Gasteiger partial charge in [0.15, 0.2) is 5.78 Å². The molecule has 4 unspecified atom stereocenters. The summed E-state index contributed by atoms with van der Waals surface area (Å²) < 4.78 is 7.29. The summed E-state index contributed by atoms with van der Waals surface area (Å²) in [6.45, 7) is 2.13. The lowest BCUT2D eigenvalue weighted by Gasteiger charge is -2.33. The summed E-state index contributed by atoms with van der Waals surface area (Å²) in [4.78, 5) is 13.3. The summed E-state index contributed by atoms with van der Waals surface area (Å²) in [5, 5.41) is 0. The van der Waals surface area contributed by atoms with Gasteiger partial charge in [0, 0.05) is 16.0 Å². The van der Waals surface area contributed by atoms with E-state index >= 15 is 0 Å². The maximum atomic E-state index is 13.3. The number of hydrogen-bond acceptors (Lipinski definition) is 2. The maximum absolute atomic E-state index is 13.3. The van der Waals surface area contributed by atoms with Gasteiger partial charge < -0.3 is 4.74 Å². The first kappa shape index (κ1) is 15.8. The molecule has 122 valence electrons. The molecule has 2 aromatic carbocycles. The van der Waals surface area contributed by atoms with Gasteiger partial charge in [0.05, 0.1) is 17.6 Å². The van der Waals surface area contributed by atoms with Crippen molar-refractivity contribution in [2.24, 2.45) is 5.92 Å². The lowest BCUT2D eigenvalue weighted by Crippen LogP contribution is -2.36. The van der Waals surface area contributed by atoms with Crippen LogP contribution in [0.4, 0.5) is 0 Å². The first-order valence-electron chi connectivity index (χ1n) is 8.36. The summed E-state index contributed by atoms with van der Waals surface area (Å²) in [6, 6.07) is 17.9. The second-order valence-electron chi connectivity index (χ2n) is 6.54. The number of fused-ring (bicyclic) bond motifs is 2. The molecule has 0 N–H and O–H groups in total. The van der Waals surface area contributed by atoms with Crippen molar-refractivity contribution in [3.8, 4) is 0 Å². The van der Waals surface area contributed by atoms with E-state index in [0.717, 1.165) is 16.5 Å². The van der Waals surface area contributed by atoms with Crippen LogP contribution in [0.5, 0.6) is 0 Å². The Morgan fingerprint density at radius 2 is 1.83 bits per heavy atom. The van der Waals surface area contributed by atoms with E-state index in [1.165, 1.54) is 5.56 Å². The van der Waals surface area contributed by atoms with E-state index in [2.05, 4.69) is 47.1 Å². The molecule has 2 nitrogen and oxygen atoms in total. The molecule has 2 aromatic rings. The van der Waals surface area contributed by atoms with Gasteiger partial charge in [-0.3, -0.25) is 4.79 Å². The maximum Gasteiger partial charge on any atom is 0.169 e. The zero-order valence-corrected chi connectivity index (χ0v) is 15.1. The molecular weight excluding hydrogens is 364 g/mol. The topological polar surface area (TPSA) is 26.3 Å². The van der Waals surface area contributed by atoms with E-state index in [1.807, 2.05) is 42.5 Å². The van der Waals surface area contributed by atoms with Crippen LogP contribution in [0.25, 0.3) is 0 Å². The molecule has 0 aliphatic carbocycles. The molecule has 0 saturated carbocycles. The second kappa shape index (κ2) is 5.98. The SMILES string of the molecule is CCC12C=CC(O1)C(C(=O)c1ccc(Br)cc1)C2c1ccccc1. The molecule has 2 aliphatic rings. The van der Waals surface area contributed by atoms with Crippen LogP contribution in [0.15, 0.2) is 71.2 Å². The number of Topliss-reactive ketones (excluding diaryl/α,β-unsaturated/α-hetero) is 1. The highest BCUT2D eigenvalue weighted by molar-refractivity contribution is 9.10. The van der Waals surface area contributed by atoms with Gasteiger partial charge in [-0.1, -0.05) is 77.5 Å². The van der Waals surface area contributed by atoms with Crippen molar-refractivity contribution in [2.45, 2.75) is 31.0 Å². The number of benzene rings is 2. The van der Waals surface area contributed by atoms with Gasteiger partial charge in [0.2, 0.25) is 0 Å². The fourth-order valence-electron chi connectivity index (χ4n) is 4.13. The Bertz CT molecular complexity index is 781. The largest absolute Gasteiger partial charge is 0.362 e. The fraction of sp³-hybridized carbons (Fsp3) is 0.286.